The van der Waals surface area contributed by atoms with Gasteiger partial charge in [-0.3, -0.25) is 9.69 Å². The van der Waals surface area contributed by atoms with Gasteiger partial charge < -0.3 is 25.4 Å². The summed E-state index contributed by atoms with van der Waals surface area (Å²) in [5.74, 6) is -1.52. The first-order valence-corrected chi connectivity index (χ1v) is 6.68. The molecule has 0 spiro atoms. The van der Waals surface area contributed by atoms with E-state index in [0.29, 0.717) is 13.2 Å². The lowest BCUT2D eigenvalue weighted by molar-refractivity contribution is -0.144. The Morgan fingerprint density at radius 2 is 2.19 bits per heavy atom. The number of urea groups is 1. The second-order valence-corrected chi connectivity index (χ2v) is 4.93. The van der Waals surface area contributed by atoms with E-state index in [9.17, 15) is 14.4 Å². The topological polar surface area (TPSA) is 111 Å². The molecule has 120 valence electrons. The van der Waals surface area contributed by atoms with E-state index >= 15 is 0 Å². The van der Waals surface area contributed by atoms with Gasteiger partial charge in [-0.2, -0.15) is 0 Å². The minimum Gasteiger partial charge on any atom is -0.480 e. The zero-order valence-electron chi connectivity index (χ0n) is 12.3. The number of carbonyl (C=O) groups is 3. The fourth-order valence-corrected chi connectivity index (χ4v) is 1.76. The Kier molecular flexibility index (Phi) is 6.89. The maximum Gasteiger partial charge on any atom is 0.328 e. The summed E-state index contributed by atoms with van der Waals surface area (Å²) >= 11 is 0. The number of ether oxygens (including phenoxy) is 1. The molecule has 0 saturated carbocycles. The van der Waals surface area contributed by atoms with Gasteiger partial charge in [0.05, 0.1) is 13.2 Å². The van der Waals surface area contributed by atoms with Crippen molar-refractivity contribution in [1.29, 1.82) is 0 Å². The van der Waals surface area contributed by atoms with Crippen LogP contribution in [0.5, 0.6) is 0 Å². The number of carboxylic acid groups (broad SMARTS) is 1. The molecule has 3 N–H and O–H groups in total. The van der Waals surface area contributed by atoms with Gasteiger partial charge in [0.15, 0.2) is 0 Å². The molecule has 1 saturated heterocycles. The Labute approximate surface area is 123 Å². The molecule has 1 unspecified atom stereocenters. The number of nitrogens with zero attached hydrogens (tertiary/aromatic N) is 2. The van der Waals surface area contributed by atoms with Gasteiger partial charge in [-0.25, -0.2) is 9.59 Å². The zero-order chi connectivity index (χ0) is 15.8. The molecule has 21 heavy (non-hydrogen) atoms. The first kappa shape index (κ1) is 17.2. The second-order valence-electron chi connectivity index (χ2n) is 4.93. The van der Waals surface area contributed by atoms with Crippen molar-refractivity contribution in [2.75, 3.05) is 53.5 Å². The molecule has 1 atom stereocenters. The third kappa shape index (κ3) is 5.96. The highest BCUT2D eigenvalue weighted by Crippen LogP contribution is 2.04. The van der Waals surface area contributed by atoms with Gasteiger partial charge in [-0.15, -0.1) is 0 Å². The molecular formula is C12H22N4O5. The molecule has 0 aromatic heterocycles. The van der Waals surface area contributed by atoms with Crippen molar-refractivity contribution in [2.45, 2.75) is 6.04 Å². The highest BCUT2D eigenvalue weighted by Gasteiger charge is 2.34. The molecule has 1 fully saturated rings. The first-order valence-electron chi connectivity index (χ1n) is 6.68. The Balaban J connectivity index is 2.31. The molecular weight excluding hydrogens is 280 g/mol. The van der Waals surface area contributed by atoms with E-state index in [2.05, 4.69) is 10.6 Å². The fourth-order valence-electron chi connectivity index (χ4n) is 1.76. The maximum absolute atomic E-state index is 11.9. The number of amides is 3. The summed E-state index contributed by atoms with van der Waals surface area (Å²) < 4.78 is 5.31. The molecule has 3 amide bonds. The van der Waals surface area contributed by atoms with E-state index in [1.165, 1.54) is 0 Å². The highest BCUT2D eigenvalue weighted by atomic mass is 16.5. The normalized spacial score (nSPS) is 18.5. The van der Waals surface area contributed by atoms with Gasteiger partial charge in [0.1, 0.15) is 12.6 Å². The Hall–Kier alpha value is -1.87. The molecule has 0 aliphatic carbocycles. The lowest BCUT2D eigenvalue weighted by Gasteiger charge is -2.32. The van der Waals surface area contributed by atoms with Crippen LogP contribution < -0.4 is 10.6 Å². The second kappa shape index (κ2) is 8.42. The van der Waals surface area contributed by atoms with Crippen LogP contribution in [0, 0.1) is 0 Å². The van der Waals surface area contributed by atoms with Crippen molar-refractivity contribution in [2.24, 2.45) is 0 Å². The number of carbonyl (C=O) groups excluding carboxylic acids is 2. The van der Waals surface area contributed by atoms with Crippen molar-refractivity contribution in [3.05, 3.63) is 0 Å². The van der Waals surface area contributed by atoms with E-state index in [1.807, 2.05) is 19.0 Å². The van der Waals surface area contributed by atoms with E-state index in [4.69, 9.17) is 9.84 Å². The summed E-state index contributed by atoms with van der Waals surface area (Å²) in [6.07, 6.45) is 0. The van der Waals surface area contributed by atoms with Crippen LogP contribution in [0.4, 0.5) is 4.79 Å². The van der Waals surface area contributed by atoms with Crippen LogP contribution in [0.3, 0.4) is 0 Å². The van der Waals surface area contributed by atoms with Crippen LogP contribution in [0.25, 0.3) is 0 Å². The quantitative estimate of drug-likeness (QED) is 0.477. The summed E-state index contributed by atoms with van der Waals surface area (Å²) in [5, 5.41) is 14.0. The maximum atomic E-state index is 11.9. The van der Waals surface area contributed by atoms with Gasteiger partial charge in [0.25, 0.3) is 0 Å². The van der Waals surface area contributed by atoms with Gasteiger partial charge in [0.2, 0.25) is 5.91 Å². The molecule has 0 aromatic carbocycles. The molecule has 1 aliphatic rings. The van der Waals surface area contributed by atoms with Gasteiger partial charge in [-0.05, 0) is 14.1 Å². The molecule has 0 radical (unpaired) electrons. The molecule has 9 heteroatoms. The summed E-state index contributed by atoms with van der Waals surface area (Å²) in [7, 11) is 3.86. The van der Waals surface area contributed by atoms with Crippen molar-refractivity contribution >= 4 is 17.9 Å². The Morgan fingerprint density at radius 3 is 2.81 bits per heavy atom. The van der Waals surface area contributed by atoms with Crippen LogP contribution in [0.2, 0.25) is 0 Å². The van der Waals surface area contributed by atoms with E-state index in [-0.39, 0.29) is 25.5 Å². The monoisotopic (exact) mass is 302 g/mol. The summed E-state index contributed by atoms with van der Waals surface area (Å²) in [5.41, 5.74) is 0. The number of piperazine rings is 1. The average Bonchev–Trinajstić information content (AvgIpc) is 2.41. The number of hydrogen-bond donors (Lipinski definition) is 3. The van der Waals surface area contributed by atoms with Gasteiger partial charge in [0, 0.05) is 19.6 Å². The van der Waals surface area contributed by atoms with Crippen LogP contribution in [0.1, 0.15) is 0 Å². The van der Waals surface area contributed by atoms with E-state index in [0.717, 1.165) is 11.4 Å². The van der Waals surface area contributed by atoms with Crippen molar-refractivity contribution in [3.63, 3.8) is 0 Å². The number of hydrogen-bond acceptors (Lipinski definition) is 5. The van der Waals surface area contributed by atoms with Crippen LogP contribution in [-0.4, -0.2) is 92.3 Å². The molecule has 9 nitrogen and oxygen atoms in total. The molecule has 0 bridgehead atoms. The van der Waals surface area contributed by atoms with E-state index in [1.54, 1.807) is 0 Å². The molecule has 1 aliphatic heterocycles. The Bertz CT molecular complexity index is 388. The van der Waals surface area contributed by atoms with Gasteiger partial charge >= 0.3 is 12.0 Å². The third-order valence-corrected chi connectivity index (χ3v) is 2.93. The number of carboxylic acids is 1. The smallest absolute Gasteiger partial charge is 0.328 e. The molecule has 1 heterocycles. The summed E-state index contributed by atoms with van der Waals surface area (Å²) in [4.78, 5) is 37.2. The third-order valence-electron chi connectivity index (χ3n) is 2.93. The van der Waals surface area contributed by atoms with Crippen molar-refractivity contribution < 1.29 is 24.2 Å². The minimum absolute atomic E-state index is 0.0824. The number of nitrogens with one attached hydrogen (secondary N) is 2. The largest absolute Gasteiger partial charge is 0.480 e. The zero-order valence-corrected chi connectivity index (χ0v) is 12.3. The lowest BCUT2D eigenvalue weighted by atomic mass is 10.2. The SMILES string of the molecule is CN(C)CCOCCNC(=O)N1CC(=O)NCC1C(=O)O. The molecule has 1 rings (SSSR count). The van der Waals surface area contributed by atoms with E-state index < -0.39 is 18.0 Å². The van der Waals surface area contributed by atoms with Crippen LogP contribution in [0.15, 0.2) is 0 Å². The predicted octanol–water partition coefficient (Wildman–Crippen LogP) is -1.84. The molecule has 0 aromatic rings. The Morgan fingerprint density at radius 1 is 1.48 bits per heavy atom. The predicted molar refractivity (Wildman–Crippen MR) is 73.9 cm³/mol. The summed E-state index contributed by atoms with van der Waals surface area (Å²) in [6.45, 7) is 1.58. The minimum atomic E-state index is -1.15. The van der Waals surface area contributed by atoms with Crippen LogP contribution >= 0.6 is 0 Å². The average molecular weight is 302 g/mol. The number of aliphatic carboxylic acids is 1. The van der Waals surface area contributed by atoms with Crippen LogP contribution in [-0.2, 0) is 14.3 Å². The van der Waals surface area contributed by atoms with Gasteiger partial charge in [-0.1, -0.05) is 0 Å². The number of rotatable bonds is 7. The standard InChI is InChI=1S/C12H22N4O5/c1-15(2)4-6-21-5-3-13-12(20)16-8-10(17)14-7-9(16)11(18)19/h9H,3-8H2,1-2H3,(H,13,20)(H,14,17)(H,18,19). The van der Waals surface area contributed by atoms with Crippen molar-refractivity contribution in [1.82, 2.24) is 20.4 Å². The number of likely N-dealkylation sites (N-methyl/N-ethyl adjacent to an activating group) is 1. The summed E-state index contributed by atoms with van der Waals surface area (Å²) in [6, 6.07) is -1.62. The highest BCUT2D eigenvalue weighted by molar-refractivity contribution is 5.90. The lowest BCUT2D eigenvalue weighted by Crippen LogP contribution is -2.61. The first-order chi connectivity index (χ1) is 9.91. The van der Waals surface area contributed by atoms with Crippen molar-refractivity contribution in [3.8, 4) is 0 Å². The fraction of sp³-hybridized carbons (Fsp3) is 0.750.